The molecular formula is C24H25F2N3O5. The fourth-order valence-electron chi connectivity index (χ4n) is 4.28. The van der Waals surface area contributed by atoms with Crippen LogP contribution in [-0.2, 0) is 10.3 Å². The van der Waals surface area contributed by atoms with Gasteiger partial charge in [0.1, 0.15) is 22.7 Å². The van der Waals surface area contributed by atoms with E-state index in [0.717, 1.165) is 18.4 Å². The summed E-state index contributed by atoms with van der Waals surface area (Å²) in [5.41, 5.74) is 1.35. The first kappa shape index (κ1) is 22.5. The molecule has 1 saturated carbocycles. The van der Waals surface area contributed by atoms with Crippen molar-refractivity contribution in [2.45, 2.75) is 43.9 Å². The Kier molecular flexibility index (Phi) is 5.86. The number of imidazole rings is 1. The Hall–Kier alpha value is -3.24. The molecule has 2 fully saturated rings. The number of methoxy groups -OCH3 is 1. The predicted octanol–water partition coefficient (Wildman–Crippen LogP) is 3.50. The van der Waals surface area contributed by atoms with Crippen LogP contribution in [0.4, 0.5) is 8.78 Å². The number of nitrogens with zero attached hydrogens (tertiary/aromatic N) is 2. The number of hydrogen-bond donors (Lipinski definition) is 2. The van der Waals surface area contributed by atoms with Crippen LogP contribution >= 0.6 is 0 Å². The number of halogens is 2. The number of pyridine rings is 1. The molecule has 0 unspecified atom stereocenters. The number of fused-ring (bicyclic) bond motifs is 1. The van der Waals surface area contributed by atoms with Crippen LogP contribution in [0.1, 0.15) is 41.6 Å². The number of rotatable bonds is 7. The summed E-state index contributed by atoms with van der Waals surface area (Å²) in [6.07, 6.45) is 6.05. The van der Waals surface area contributed by atoms with Gasteiger partial charge in [0.2, 0.25) is 0 Å². The molecule has 8 nitrogen and oxygen atoms in total. The van der Waals surface area contributed by atoms with E-state index in [9.17, 15) is 18.7 Å². The van der Waals surface area contributed by atoms with Crippen LogP contribution in [-0.4, -0.2) is 53.4 Å². The van der Waals surface area contributed by atoms with Gasteiger partial charge in [0.05, 0.1) is 24.6 Å². The number of benzene rings is 1. The Balaban J connectivity index is 1.56. The number of aliphatic hydroxyl groups is 1. The van der Waals surface area contributed by atoms with E-state index in [1.165, 1.54) is 13.2 Å². The second-order valence-corrected chi connectivity index (χ2v) is 8.61. The number of carbonyl (C=O) groups is 1. The number of ether oxygens (including phenoxy) is 3. The summed E-state index contributed by atoms with van der Waals surface area (Å²) < 4.78 is 43.7. The lowest BCUT2D eigenvalue weighted by molar-refractivity contribution is -0.0679. The average Bonchev–Trinajstić information content (AvgIpc) is 3.53. The first-order valence-corrected chi connectivity index (χ1v) is 11.1. The zero-order chi connectivity index (χ0) is 23.9. The average molecular weight is 473 g/mol. The Bertz CT molecular complexity index is 1220. The summed E-state index contributed by atoms with van der Waals surface area (Å²) in [4.78, 5) is 17.2. The van der Waals surface area contributed by atoms with E-state index in [1.54, 1.807) is 28.9 Å². The summed E-state index contributed by atoms with van der Waals surface area (Å²) >= 11 is 0. The van der Waals surface area contributed by atoms with Crippen molar-refractivity contribution in [1.82, 2.24) is 14.7 Å². The first-order chi connectivity index (χ1) is 16.4. The lowest BCUT2D eigenvalue weighted by Crippen LogP contribution is -2.33. The van der Waals surface area contributed by atoms with Gasteiger partial charge in [-0.2, -0.15) is 8.78 Å². The van der Waals surface area contributed by atoms with Crippen LogP contribution in [0.5, 0.6) is 11.5 Å². The molecule has 180 valence electrons. The lowest BCUT2D eigenvalue weighted by atomic mass is 9.87. The minimum atomic E-state index is -3.11. The van der Waals surface area contributed by atoms with Crippen molar-refractivity contribution in [3.05, 3.63) is 47.8 Å². The molecule has 0 radical (unpaired) electrons. The monoisotopic (exact) mass is 473 g/mol. The van der Waals surface area contributed by atoms with E-state index in [-0.39, 0.29) is 23.1 Å². The van der Waals surface area contributed by atoms with Crippen LogP contribution in [0.3, 0.4) is 0 Å². The molecule has 0 bridgehead atoms. The summed E-state index contributed by atoms with van der Waals surface area (Å²) in [6, 6.07) is 6.65. The summed E-state index contributed by atoms with van der Waals surface area (Å²) in [5.74, 6) is -0.672. The van der Waals surface area contributed by atoms with Crippen molar-refractivity contribution in [1.29, 1.82) is 0 Å². The van der Waals surface area contributed by atoms with Crippen LogP contribution < -0.4 is 14.8 Å². The summed E-state index contributed by atoms with van der Waals surface area (Å²) in [6.45, 7) is -2.15. The Morgan fingerprint density at radius 3 is 2.68 bits per heavy atom. The minimum absolute atomic E-state index is 0.0368. The standard InChI is InChI=1S/C24H25F2N3O5/c1-32-18-10-14(11-19(34-23(25)26)21(18)22(30)28-16-2-3-16)17-13-27-20-12-15(4-7-29(17)20)24(31)5-8-33-9-6-24/h4,7,10-13,16,23,31H,2-3,5-6,8-9H2,1H3,(H,28,30). The summed E-state index contributed by atoms with van der Waals surface area (Å²) in [5, 5.41) is 13.8. The zero-order valence-corrected chi connectivity index (χ0v) is 18.6. The van der Waals surface area contributed by atoms with Crippen LogP contribution in [0.15, 0.2) is 36.7 Å². The summed E-state index contributed by atoms with van der Waals surface area (Å²) in [7, 11) is 1.37. The number of carbonyl (C=O) groups excluding carboxylic acids is 1. The number of alkyl halides is 2. The Morgan fingerprint density at radius 1 is 1.26 bits per heavy atom. The highest BCUT2D eigenvalue weighted by atomic mass is 19.3. The molecule has 2 aliphatic rings. The van der Waals surface area contributed by atoms with Gasteiger partial charge in [-0.05, 0) is 42.7 Å². The normalized spacial score (nSPS) is 17.7. The van der Waals surface area contributed by atoms with Crippen molar-refractivity contribution >= 4 is 11.6 Å². The van der Waals surface area contributed by atoms with Crippen LogP contribution in [0.25, 0.3) is 16.9 Å². The van der Waals surface area contributed by atoms with E-state index in [2.05, 4.69) is 10.3 Å². The Morgan fingerprint density at radius 2 is 2.00 bits per heavy atom. The first-order valence-electron chi connectivity index (χ1n) is 11.1. The maximum atomic E-state index is 13.2. The molecule has 0 spiro atoms. The van der Waals surface area contributed by atoms with Gasteiger partial charge < -0.3 is 24.6 Å². The SMILES string of the molecule is COc1cc(-c2cnc3cc(C4(O)CCOCC4)ccn23)cc(OC(F)F)c1C(=O)NC1CC1. The van der Waals surface area contributed by atoms with E-state index in [4.69, 9.17) is 14.2 Å². The van der Waals surface area contributed by atoms with Gasteiger partial charge in [0.25, 0.3) is 5.91 Å². The van der Waals surface area contributed by atoms with Crippen LogP contribution in [0, 0.1) is 0 Å². The quantitative estimate of drug-likeness (QED) is 0.546. The fraction of sp³-hybridized carbons (Fsp3) is 0.417. The maximum Gasteiger partial charge on any atom is 0.387 e. The maximum absolute atomic E-state index is 13.2. The number of aromatic nitrogens is 2. The molecule has 1 saturated heterocycles. The highest BCUT2D eigenvalue weighted by molar-refractivity contribution is 6.01. The molecule has 10 heteroatoms. The minimum Gasteiger partial charge on any atom is -0.496 e. The largest absolute Gasteiger partial charge is 0.496 e. The van der Waals surface area contributed by atoms with Crippen molar-refractivity contribution < 1.29 is 32.9 Å². The van der Waals surface area contributed by atoms with Gasteiger partial charge >= 0.3 is 6.61 Å². The molecule has 1 amide bonds. The zero-order valence-electron chi connectivity index (χ0n) is 18.6. The van der Waals surface area contributed by atoms with E-state index in [0.29, 0.717) is 43.0 Å². The lowest BCUT2D eigenvalue weighted by Gasteiger charge is -2.32. The van der Waals surface area contributed by atoms with E-state index in [1.807, 2.05) is 6.07 Å². The van der Waals surface area contributed by atoms with Gasteiger partial charge in [-0.1, -0.05) is 0 Å². The molecule has 1 aliphatic heterocycles. The highest BCUT2D eigenvalue weighted by Crippen LogP contribution is 2.38. The third-order valence-electron chi connectivity index (χ3n) is 6.31. The molecule has 5 rings (SSSR count). The van der Waals surface area contributed by atoms with Gasteiger partial charge in [0, 0.05) is 43.9 Å². The topological polar surface area (TPSA) is 94.3 Å². The van der Waals surface area contributed by atoms with E-state index < -0.39 is 18.1 Å². The highest BCUT2D eigenvalue weighted by Gasteiger charge is 2.32. The molecule has 3 heterocycles. The van der Waals surface area contributed by atoms with Gasteiger partial charge in [-0.25, -0.2) is 4.98 Å². The van der Waals surface area contributed by atoms with E-state index >= 15 is 0 Å². The number of nitrogens with one attached hydrogen (secondary N) is 1. The molecular weight excluding hydrogens is 448 g/mol. The van der Waals surface area contributed by atoms with Crippen molar-refractivity contribution in [3.8, 4) is 22.8 Å². The van der Waals surface area contributed by atoms with Crippen molar-refractivity contribution in [2.24, 2.45) is 0 Å². The Labute approximate surface area is 194 Å². The molecule has 2 aromatic heterocycles. The molecule has 1 aliphatic carbocycles. The fourth-order valence-corrected chi connectivity index (χ4v) is 4.28. The van der Waals surface area contributed by atoms with Gasteiger partial charge in [0.15, 0.2) is 0 Å². The number of hydrogen-bond acceptors (Lipinski definition) is 6. The third-order valence-corrected chi connectivity index (χ3v) is 6.31. The molecule has 34 heavy (non-hydrogen) atoms. The predicted molar refractivity (Wildman–Crippen MR) is 118 cm³/mol. The molecule has 1 aromatic carbocycles. The van der Waals surface area contributed by atoms with Crippen LogP contribution in [0.2, 0.25) is 0 Å². The van der Waals surface area contributed by atoms with Gasteiger partial charge in [-0.15, -0.1) is 0 Å². The van der Waals surface area contributed by atoms with Crippen molar-refractivity contribution in [2.75, 3.05) is 20.3 Å². The smallest absolute Gasteiger partial charge is 0.387 e. The second kappa shape index (κ2) is 8.84. The molecule has 3 aromatic rings. The van der Waals surface area contributed by atoms with Crippen molar-refractivity contribution in [3.63, 3.8) is 0 Å². The third kappa shape index (κ3) is 4.30. The molecule has 0 atom stereocenters. The number of amides is 1. The molecule has 2 N–H and O–H groups in total. The second-order valence-electron chi connectivity index (χ2n) is 8.61. The van der Waals surface area contributed by atoms with Gasteiger partial charge in [-0.3, -0.25) is 9.20 Å².